The average Bonchev–Trinajstić information content (AvgIpc) is 2.75. The second kappa shape index (κ2) is 10.5. The molecule has 1 aliphatic heterocycles. The average molecular weight is 453 g/mol. The summed E-state index contributed by atoms with van der Waals surface area (Å²) in [5, 5.41) is 3.08. The minimum absolute atomic E-state index is 0.118. The fraction of sp³-hybridized carbons (Fsp3) is 0.381. The summed E-state index contributed by atoms with van der Waals surface area (Å²) < 4.78 is 27.2. The van der Waals surface area contributed by atoms with Crippen molar-refractivity contribution in [1.29, 1.82) is 0 Å². The number of carbonyl (C=O) groups is 1. The van der Waals surface area contributed by atoms with E-state index in [9.17, 15) is 13.2 Å². The molecule has 0 atom stereocenters. The smallest absolute Gasteiger partial charge is 0.252 e. The van der Waals surface area contributed by atoms with Gasteiger partial charge in [0, 0.05) is 31.1 Å². The SMILES string of the molecule is O=C(NCCSCc1ccccc1)c1cc(S(=O)(=O)N2CCCCC2)ccc1Cl. The number of hydrogen-bond donors (Lipinski definition) is 1. The Kier molecular flexibility index (Phi) is 8.00. The number of piperidine rings is 1. The van der Waals surface area contributed by atoms with Crippen LogP contribution in [0, 0.1) is 0 Å². The van der Waals surface area contributed by atoms with E-state index in [1.54, 1.807) is 11.8 Å². The first-order valence-corrected chi connectivity index (χ1v) is 12.7. The molecule has 0 saturated carbocycles. The lowest BCUT2D eigenvalue weighted by atomic mass is 10.2. The topological polar surface area (TPSA) is 66.5 Å². The van der Waals surface area contributed by atoms with E-state index >= 15 is 0 Å². The summed E-state index contributed by atoms with van der Waals surface area (Å²) in [4.78, 5) is 12.7. The first-order chi connectivity index (χ1) is 14.0. The normalized spacial score (nSPS) is 15.2. The van der Waals surface area contributed by atoms with E-state index in [1.165, 1.54) is 28.1 Å². The molecule has 2 aromatic rings. The van der Waals surface area contributed by atoms with Crippen LogP contribution >= 0.6 is 23.4 Å². The standard InChI is InChI=1S/C21H25ClN2O3S2/c22-20-10-9-18(29(26,27)24-12-5-2-6-13-24)15-19(20)21(25)23-11-14-28-16-17-7-3-1-4-8-17/h1,3-4,7-10,15H,2,5-6,11-14,16H2,(H,23,25). The maximum Gasteiger partial charge on any atom is 0.252 e. The summed E-state index contributed by atoms with van der Waals surface area (Å²) in [6, 6.07) is 14.5. The predicted octanol–water partition coefficient (Wildman–Crippen LogP) is 4.18. The Bertz CT molecular complexity index is 930. The van der Waals surface area contributed by atoms with Gasteiger partial charge in [0.2, 0.25) is 10.0 Å². The molecule has 1 heterocycles. The molecule has 0 spiro atoms. The van der Waals surface area contributed by atoms with E-state index in [1.807, 2.05) is 18.2 Å². The number of amides is 1. The third kappa shape index (κ3) is 5.98. The Hall–Kier alpha value is -1.54. The molecule has 29 heavy (non-hydrogen) atoms. The fourth-order valence-corrected chi connectivity index (χ4v) is 5.76. The van der Waals surface area contributed by atoms with Crippen LogP contribution in [0.4, 0.5) is 0 Å². The summed E-state index contributed by atoms with van der Waals surface area (Å²) >= 11 is 7.90. The molecule has 0 aromatic heterocycles. The molecule has 8 heteroatoms. The number of rotatable bonds is 8. The van der Waals surface area contributed by atoms with Crippen molar-refractivity contribution >= 4 is 39.3 Å². The van der Waals surface area contributed by atoms with Gasteiger partial charge in [-0.3, -0.25) is 4.79 Å². The van der Waals surface area contributed by atoms with Crippen LogP contribution in [0.5, 0.6) is 0 Å². The molecule has 1 N–H and O–H groups in total. The van der Waals surface area contributed by atoms with Gasteiger partial charge in [0.15, 0.2) is 0 Å². The van der Waals surface area contributed by atoms with Crippen molar-refractivity contribution in [3.8, 4) is 0 Å². The Morgan fingerprint density at radius 1 is 1.07 bits per heavy atom. The fourth-order valence-electron chi connectivity index (χ4n) is 3.19. The molecule has 3 rings (SSSR count). The lowest BCUT2D eigenvalue weighted by Gasteiger charge is -2.26. The predicted molar refractivity (Wildman–Crippen MR) is 119 cm³/mol. The van der Waals surface area contributed by atoms with Gasteiger partial charge in [-0.25, -0.2) is 8.42 Å². The van der Waals surface area contributed by atoms with Gasteiger partial charge in [-0.05, 0) is 36.6 Å². The highest BCUT2D eigenvalue weighted by Crippen LogP contribution is 2.25. The second-order valence-corrected chi connectivity index (χ2v) is 10.4. The van der Waals surface area contributed by atoms with Crippen LogP contribution in [0.25, 0.3) is 0 Å². The van der Waals surface area contributed by atoms with Crippen molar-refractivity contribution in [2.45, 2.75) is 29.9 Å². The van der Waals surface area contributed by atoms with Crippen molar-refractivity contribution in [2.75, 3.05) is 25.4 Å². The van der Waals surface area contributed by atoms with E-state index in [0.717, 1.165) is 30.8 Å². The van der Waals surface area contributed by atoms with Gasteiger partial charge >= 0.3 is 0 Å². The molecule has 1 aliphatic rings. The molecule has 2 aromatic carbocycles. The van der Waals surface area contributed by atoms with E-state index in [-0.39, 0.29) is 21.4 Å². The van der Waals surface area contributed by atoms with Crippen molar-refractivity contribution in [2.24, 2.45) is 0 Å². The molecule has 1 fully saturated rings. The highest BCUT2D eigenvalue weighted by molar-refractivity contribution is 7.98. The van der Waals surface area contributed by atoms with E-state index < -0.39 is 10.0 Å². The van der Waals surface area contributed by atoms with Crippen LogP contribution in [0.2, 0.25) is 5.02 Å². The zero-order valence-electron chi connectivity index (χ0n) is 16.1. The number of nitrogens with zero attached hydrogens (tertiary/aromatic N) is 1. The summed E-state index contributed by atoms with van der Waals surface area (Å²) in [6.45, 7) is 1.52. The van der Waals surface area contributed by atoms with Gasteiger partial charge in [0.25, 0.3) is 5.91 Å². The minimum Gasteiger partial charge on any atom is -0.351 e. The van der Waals surface area contributed by atoms with Crippen molar-refractivity contribution in [1.82, 2.24) is 9.62 Å². The second-order valence-electron chi connectivity index (χ2n) is 6.90. The number of nitrogens with one attached hydrogen (secondary N) is 1. The van der Waals surface area contributed by atoms with Gasteiger partial charge in [-0.15, -0.1) is 0 Å². The Balaban J connectivity index is 1.58. The van der Waals surface area contributed by atoms with Gasteiger partial charge in [-0.2, -0.15) is 16.1 Å². The van der Waals surface area contributed by atoms with Crippen molar-refractivity contribution < 1.29 is 13.2 Å². The van der Waals surface area contributed by atoms with Crippen molar-refractivity contribution in [3.05, 3.63) is 64.7 Å². The quantitative estimate of drug-likeness (QED) is 0.610. The lowest BCUT2D eigenvalue weighted by Crippen LogP contribution is -2.35. The molecular weight excluding hydrogens is 428 g/mol. The summed E-state index contributed by atoms with van der Waals surface area (Å²) in [5.74, 6) is 1.27. The lowest BCUT2D eigenvalue weighted by molar-refractivity contribution is 0.0956. The molecule has 0 bridgehead atoms. The molecule has 1 saturated heterocycles. The number of halogens is 1. The molecule has 156 valence electrons. The van der Waals surface area contributed by atoms with Crippen LogP contribution in [-0.4, -0.2) is 44.0 Å². The zero-order valence-corrected chi connectivity index (χ0v) is 18.5. The van der Waals surface area contributed by atoms with Crippen molar-refractivity contribution in [3.63, 3.8) is 0 Å². The number of carbonyl (C=O) groups excluding carboxylic acids is 1. The van der Waals surface area contributed by atoms with Gasteiger partial charge < -0.3 is 5.32 Å². The third-order valence-electron chi connectivity index (χ3n) is 4.78. The van der Waals surface area contributed by atoms with Crippen LogP contribution in [0.3, 0.4) is 0 Å². The minimum atomic E-state index is -3.60. The number of sulfonamides is 1. The van der Waals surface area contributed by atoms with E-state index in [2.05, 4.69) is 17.4 Å². The molecule has 0 aliphatic carbocycles. The first-order valence-electron chi connectivity index (χ1n) is 9.68. The van der Waals surface area contributed by atoms with Crippen LogP contribution in [0.15, 0.2) is 53.4 Å². The van der Waals surface area contributed by atoms with Gasteiger partial charge in [0.05, 0.1) is 15.5 Å². The van der Waals surface area contributed by atoms with Crippen LogP contribution in [-0.2, 0) is 15.8 Å². The number of hydrogen-bond acceptors (Lipinski definition) is 4. The van der Waals surface area contributed by atoms with Gasteiger partial charge in [0.1, 0.15) is 0 Å². The Morgan fingerprint density at radius 2 is 1.79 bits per heavy atom. The van der Waals surface area contributed by atoms with E-state index in [0.29, 0.717) is 19.6 Å². The highest BCUT2D eigenvalue weighted by atomic mass is 35.5. The van der Waals surface area contributed by atoms with Crippen LogP contribution < -0.4 is 5.32 Å². The molecule has 1 amide bonds. The third-order valence-corrected chi connectivity index (χ3v) is 8.03. The monoisotopic (exact) mass is 452 g/mol. The molecule has 0 radical (unpaired) electrons. The number of benzene rings is 2. The highest BCUT2D eigenvalue weighted by Gasteiger charge is 2.27. The Labute approximate surface area is 181 Å². The summed E-state index contributed by atoms with van der Waals surface area (Å²) in [6.07, 6.45) is 2.77. The zero-order chi connectivity index (χ0) is 20.7. The summed E-state index contributed by atoms with van der Waals surface area (Å²) in [5.41, 5.74) is 1.43. The largest absolute Gasteiger partial charge is 0.351 e. The van der Waals surface area contributed by atoms with Crippen LogP contribution in [0.1, 0.15) is 35.2 Å². The molecule has 5 nitrogen and oxygen atoms in total. The molecule has 0 unspecified atom stereocenters. The number of thioether (sulfide) groups is 1. The summed E-state index contributed by atoms with van der Waals surface area (Å²) in [7, 11) is -3.60. The van der Waals surface area contributed by atoms with E-state index in [4.69, 9.17) is 11.6 Å². The first kappa shape index (κ1) is 22.2. The molecular formula is C21H25ClN2O3S2. The van der Waals surface area contributed by atoms with Gasteiger partial charge in [-0.1, -0.05) is 48.4 Å². The maximum atomic E-state index is 12.9. The Morgan fingerprint density at radius 3 is 2.52 bits per heavy atom. The maximum absolute atomic E-state index is 12.9.